The van der Waals surface area contributed by atoms with Gasteiger partial charge in [-0.25, -0.2) is 9.69 Å². The molecule has 3 aliphatic rings. The number of ether oxygens (including phenoxy) is 1. The Morgan fingerprint density at radius 1 is 0.714 bits per heavy atom. The molecule has 0 N–H and O–H groups in total. The average molecular weight is 555 g/mol. The van der Waals surface area contributed by atoms with Crippen molar-refractivity contribution in [2.45, 2.75) is 19.0 Å². The molecule has 0 radical (unpaired) electrons. The SMILES string of the molecule is Cc1ccc(N2C(=O)[C@@H]3[C@H](C2=O)[C@H](C(=O)Oc2ccc(C(=O)c4ccccc4)cc2)N2c4ccccc4C=C[C@@H]32)cc1. The molecule has 3 heterocycles. The lowest BCUT2D eigenvalue weighted by Crippen LogP contribution is -2.50. The predicted molar refractivity (Wildman–Crippen MR) is 158 cm³/mol. The summed E-state index contributed by atoms with van der Waals surface area (Å²) in [7, 11) is 0. The van der Waals surface area contributed by atoms with Gasteiger partial charge in [-0.2, -0.15) is 0 Å². The van der Waals surface area contributed by atoms with Crippen LogP contribution in [0.15, 0.2) is 109 Å². The maximum Gasteiger partial charge on any atom is 0.335 e. The van der Waals surface area contributed by atoms with Crippen molar-refractivity contribution in [1.29, 1.82) is 0 Å². The number of rotatable bonds is 5. The molecule has 4 aromatic carbocycles. The summed E-state index contributed by atoms with van der Waals surface area (Å²) in [5, 5.41) is 0. The Kier molecular flexibility index (Phi) is 6.08. The van der Waals surface area contributed by atoms with E-state index in [4.69, 9.17) is 4.74 Å². The number of amides is 2. The first-order valence-corrected chi connectivity index (χ1v) is 13.8. The highest BCUT2D eigenvalue weighted by atomic mass is 16.5. The second-order valence-electron chi connectivity index (χ2n) is 10.8. The number of benzene rings is 4. The fourth-order valence-corrected chi connectivity index (χ4v) is 6.34. The van der Waals surface area contributed by atoms with E-state index >= 15 is 0 Å². The zero-order valence-electron chi connectivity index (χ0n) is 22.7. The molecule has 0 unspecified atom stereocenters. The molecular weight excluding hydrogens is 528 g/mol. The zero-order valence-corrected chi connectivity index (χ0v) is 22.7. The Hall–Kier alpha value is -5.30. The van der Waals surface area contributed by atoms with Gasteiger partial charge in [0, 0.05) is 16.8 Å². The van der Waals surface area contributed by atoms with E-state index in [1.165, 1.54) is 4.90 Å². The van der Waals surface area contributed by atoms with E-state index in [0.717, 1.165) is 16.8 Å². The molecule has 7 heteroatoms. The normalized spacial score (nSPS) is 22.0. The molecule has 0 aromatic heterocycles. The maximum atomic E-state index is 14.0. The molecule has 0 aliphatic carbocycles. The quantitative estimate of drug-likeness (QED) is 0.146. The number of hydrogen-bond acceptors (Lipinski definition) is 6. The van der Waals surface area contributed by atoms with Crippen LogP contribution in [0, 0.1) is 18.8 Å². The molecule has 7 rings (SSSR count). The Balaban J connectivity index is 1.22. The van der Waals surface area contributed by atoms with E-state index in [2.05, 4.69) is 0 Å². The van der Waals surface area contributed by atoms with Crippen molar-refractivity contribution in [3.63, 3.8) is 0 Å². The van der Waals surface area contributed by atoms with E-state index in [9.17, 15) is 19.2 Å². The molecule has 206 valence electrons. The molecule has 42 heavy (non-hydrogen) atoms. The zero-order chi connectivity index (χ0) is 29.0. The first kappa shape index (κ1) is 25.7. The van der Waals surface area contributed by atoms with Crippen LogP contribution in [0.25, 0.3) is 6.08 Å². The van der Waals surface area contributed by atoms with Crippen LogP contribution < -0.4 is 14.5 Å². The first-order chi connectivity index (χ1) is 20.4. The molecule has 4 aromatic rings. The van der Waals surface area contributed by atoms with Crippen LogP contribution in [0.1, 0.15) is 27.0 Å². The van der Waals surface area contributed by atoms with Crippen LogP contribution in [-0.4, -0.2) is 35.7 Å². The lowest BCUT2D eigenvalue weighted by atomic mass is 9.89. The van der Waals surface area contributed by atoms with Gasteiger partial charge in [0.05, 0.1) is 23.6 Å². The maximum absolute atomic E-state index is 14.0. The molecule has 3 aliphatic heterocycles. The summed E-state index contributed by atoms with van der Waals surface area (Å²) in [5.41, 5.74) is 4.18. The van der Waals surface area contributed by atoms with E-state index in [-0.39, 0.29) is 17.4 Å². The smallest absolute Gasteiger partial charge is 0.335 e. The van der Waals surface area contributed by atoms with Crippen molar-refractivity contribution in [3.8, 4) is 5.75 Å². The number of imide groups is 1. The van der Waals surface area contributed by atoms with Gasteiger partial charge in [-0.1, -0.05) is 78.4 Å². The van der Waals surface area contributed by atoms with Crippen molar-refractivity contribution < 1.29 is 23.9 Å². The van der Waals surface area contributed by atoms with Gasteiger partial charge < -0.3 is 9.64 Å². The highest BCUT2D eigenvalue weighted by Crippen LogP contribution is 2.49. The molecule has 7 nitrogen and oxygen atoms in total. The van der Waals surface area contributed by atoms with Crippen LogP contribution in [0.2, 0.25) is 0 Å². The van der Waals surface area contributed by atoms with Crippen molar-refractivity contribution in [2.75, 3.05) is 9.80 Å². The van der Waals surface area contributed by atoms with Gasteiger partial charge in [-0.15, -0.1) is 0 Å². The Labute approximate surface area is 242 Å². The summed E-state index contributed by atoms with van der Waals surface area (Å²) < 4.78 is 5.85. The molecule has 2 amide bonds. The Morgan fingerprint density at radius 2 is 1.36 bits per heavy atom. The number of aryl methyl sites for hydroxylation is 1. The number of fused-ring (bicyclic) bond motifs is 5. The Bertz CT molecular complexity index is 1760. The summed E-state index contributed by atoms with van der Waals surface area (Å²) in [4.78, 5) is 57.7. The van der Waals surface area contributed by atoms with Crippen LogP contribution in [0.5, 0.6) is 5.75 Å². The number of ketones is 1. The molecule has 0 spiro atoms. The number of anilines is 2. The number of carbonyl (C=O) groups is 4. The monoisotopic (exact) mass is 554 g/mol. The lowest BCUT2D eigenvalue weighted by molar-refractivity contribution is -0.139. The molecule has 2 fully saturated rings. The minimum Gasteiger partial charge on any atom is -0.425 e. The van der Waals surface area contributed by atoms with E-state index in [1.807, 2.05) is 66.4 Å². The second-order valence-corrected chi connectivity index (χ2v) is 10.8. The number of nitrogens with zero attached hydrogens (tertiary/aromatic N) is 2. The van der Waals surface area contributed by atoms with Gasteiger partial charge in [-0.05, 0) is 55.0 Å². The minimum atomic E-state index is -1.02. The van der Waals surface area contributed by atoms with E-state index in [0.29, 0.717) is 16.8 Å². The van der Waals surface area contributed by atoms with Gasteiger partial charge in [0.1, 0.15) is 11.8 Å². The van der Waals surface area contributed by atoms with Crippen LogP contribution in [0.4, 0.5) is 11.4 Å². The number of carbonyl (C=O) groups excluding carboxylic acids is 4. The second kappa shape index (κ2) is 9.96. The third-order valence-corrected chi connectivity index (χ3v) is 8.32. The fraction of sp³-hybridized carbons (Fsp3) is 0.143. The van der Waals surface area contributed by atoms with Gasteiger partial charge in [0.15, 0.2) is 5.78 Å². The lowest BCUT2D eigenvalue weighted by Gasteiger charge is -2.36. The number of para-hydroxylation sites is 1. The Morgan fingerprint density at radius 3 is 2.10 bits per heavy atom. The molecule has 0 bridgehead atoms. The van der Waals surface area contributed by atoms with Crippen molar-refractivity contribution in [3.05, 3.63) is 131 Å². The van der Waals surface area contributed by atoms with E-state index in [1.54, 1.807) is 60.7 Å². The largest absolute Gasteiger partial charge is 0.425 e. The summed E-state index contributed by atoms with van der Waals surface area (Å²) in [6.45, 7) is 1.93. The summed E-state index contributed by atoms with van der Waals surface area (Å²) in [5.74, 6) is -2.94. The molecule has 4 atom stereocenters. The topological polar surface area (TPSA) is 84.0 Å². The highest BCUT2D eigenvalue weighted by Gasteiger charge is 2.65. The fourth-order valence-electron chi connectivity index (χ4n) is 6.34. The number of hydrogen-bond donors (Lipinski definition) is 0. The van der Waals surface area contributed by atoms with Crippen LogP contribution in [0.3, 0.4) is 0 Å². The molecule has 2 saturated heterocycles. The van der Waals surface area contributed by atoms with Gasteiger partial charge in [-0.3, -0.25) is 14.4 Å². The standard InChI is InChI=1S/C35H26N2O5/c1-21-11-16-25(17-12-21)36-33(39)29-28-20-15-22-7-5-6-10-27(22)37(28)31(30(29)34(36)40)35(41)42-26-18-13-24(14-19-26)32(38)23-8-3-2-4-9-23/h2-20,28-31H,1H3/t28-,29-,30-,31+/m0/s1. The van der Waals surface area contributed by atoms with Gasteiger partial charge in [0.25, 0.3) is 0 Å². The van der Waals surface area contributed by atoms with Crippen molar-refractivity contribution in [1.82, 2.24) is 0 Å². The summed E-state index contributed by atoms with van der Waals surface area (Å²) in [6, 6.07) is 28.6. The van der Waals surface area contributed by atoms with E-state index < -0.39 is 35.8 Å². The van der Waals surface area contributed by atoms with Crippen molar-refractivity contribution >= 4 is 41.0 Å². The van der Waals surface area contributed by atoms with Gasteiger partial charge in [0.2, 0.25) is 11.8 Å². The molecule has 0 saturated carbocycles. The third kappa shape index (κ3) is 4.05. The van der Waals surface area contributed by atoms with Crippen LogP contribution in [-0.2, 0) is 14.4 Å². The summed E-state index contributed by atoms with van der Waals surface area (Å²) >= 11 is 0. The third-order valence-electron chi connectivity index (χ3n) is 8.32. The first-order valence-electron chi connectivity index (χ1n) is 13.8. The van der Waals surface area contributed by atoms with Crippen molar-refractivity contribution in [2.24, 2.45) is 11.8 Å². The number of esters is 1. The predicted octanol–water partition coefficient (Wildman–Crippen LogP) is 5.22. The minimum absolute atomic E-state index is 0.141. The highest BCUT2D eigenvalue weighted by molar-refractivity contribution is 6.24. The molecular formula is C35H26N2O5. The van der Waals surface area contributed by atoms with Crippen LogP contribution >= 0.6 is 0 Å². The van der Waals surface area contributed by atoms with Gasteiger partial charge >= 0.3 is 5.97 Å². The average Bonchev–Trinajstić information content (AvgIpc) is 3.50. The summed E-state index contributed by atoms with van der Waals surface area (Å²) in [6.07, 6.45) is 3.84.